The molecule has 0 bridgehead atoms. The van der Waals surface area contributed by atoms with Crippen molar-refractivity contribution < 1.29 is 29.3 Å². The summed E-state index contributed by atoms with van der Waals surface area (Å²) in [7, 11) is 0. The Morgan fingerprint density at radius 1 is 1.19 bits per heavy atom. The lowest BCUT2D eigenvalue weighted by atomic mass is 9.68. The van der Waals surface area contributed by atoms with E-state index in [1.165, 1.54) is 6.92 Å². The Balaban J connectivity index is 2.10. The second-order valence-corrected chi connectivity index (χ2v) is 7.07. The SMILES string of the molecule is CC1C(=O)OC2C1CCC(C)(O)C1(CCC(=O)O1)C2(C)O. The molecule has 1 aliphatic carbocycles. The zero-order valence-corrected chi connectivity index (χ0v) is 12.6. The molecule has 118 valence electrons. The van der Waals surface area contributed by atoms with Crippen LogP contribution in [0.1, 0.15) is 46.5 Å². The minimum absolute atomic E-state index is 0.146. The average Bonchev–Trinajstić information content (AvgIpc) is 2.90. The van der Waals surface area contributed by atoms with Gasteiger partial charge < -0.3 is 19.7 Å². The van der Waals surface area contributed by atoms with Gasteiger partial charge in [-0.3, -0.25) is 9.59 Å². The lowest BCUT2D eigenvalue weighted by molar-refractivity contribution is -0.256. The first-order valence-corrected chi connectivity index (χ1v) is 7.49. The third-order valence-corrected chi connectivity index (χ3v) is 5.82. The van der Waals surface area contributed by atoms with E-state index in [-0.39, 0.29) is 30.6 Å². The molecule has 3 aliphatic rings. The van der Waals surface area contributed by atoms with E-state index in [9.17, 15) is 19.8 Å². The standard InChI is InChI=1S/C15H22O6/c1-8-9-4-6-13(2,18)15(7-5-10(16)21-15)14(3,19)11(9)20-12(8)17/h8-9,11,18-19H,4-7H2,1-3H3. The first-order valence-electron chi connectivity index (χ1n) is 7.49. The number of fused-ring (bicyclic) bond motifs is 1. The van der Waals surface area contributed by atoms with Gasteiger partial charge in [0.05, 0.1) is 5.92 Å². The Labute approximate surface area is 123 Å². The topological polar surface area (TPSA) is 93.1 Å². The van der Waals surface area contributed by atoms with Crippen LogP contribution >= 0.6 is 0 Å². The van der Waals surface area contributed by atoms with Gasteiger partial charge in [0.25, 0.3) is 0 Å². The zero-order chi connectivity index (χ0) is 15.6. The second kappa shape index (κ2) is 4.20. The quantitative estimate of drug-likeness (QED) is 0.634. The Kier molecular flexibility index (Phi) is 2.95. The van der Waals surface area contributed by atoms with Crippen LogP contribution in [0.3, 0.4) is 0 Å². The minimum Gasteiger partial charge on any atom is -0.459 e. The van der Waals surface area contributed by atoms with Crippen LogP contribution in [0, 0.1) is 11.8 Å². The van der Waals surface area contributed by atoms with Gasteiger partial charge in [-0.25, -0.2) is 0 Å². The molecule has 3 rings (SSSR count). The number of rotatable bonds is 0. The van der Waals surface area contributed by atoms with Crippen LogP contribution in [0.4, 0.5) is 0 Å². The normalized spacial score (nSPS) is 53.3. The van der Waals surface area contributed by atoms with Crippen molar-refractivity contribution in [2.75, 3.05) is 0 Å². The number of carbonyl (C=O) groups is 2. The van der Waals surface area contributed by atoms with Crippen molar-refractivity contribution in [2.45, 2.75) is 69.4 Å². The van der Waals surface area contributed by atoms with Gasteiger partial charge in [-0.2, -0.15) is 0 Å². The highest BCUT2D eigenvalue weighted by Gasteiger charge is 2.71. The maximum absolute atomic E-state index is 11.9. The number of hydrogen-bond acceptors (Lipinski definition) is 6. The summed E-state index contributed by atoms with van der Waals surface area (Å²) in [6.07, 6.45) is 0.493. The van der Waals surface area contributed by atoms with Gasteiger partial charge in [0.15, 0.2) is 5.60 Å². The number of carbonyl (C=O) groups excluding carboxylic acids is 2. The summed E-state index contributed by atoms with van der Waals surface area (Å²) in [5, 5.41) is 22.0. The van der Waals surface area contributed by atoms with Crippen molar-refractivity contribution in [1.29, 1.82) is 0 Å². The molecular formula is C15H22O6. The highest BCUT2D eigenvalue weighted by molar-refractivity contribution is 5.76. The van der Waals surface area contributed by atoms with Crippen molar-refractivity contribution in [3.63, 3.8) is 0 Å². The Morgan fingerprint density at radius 3 is 2.43 bits per heavy atom. The molecule has 3 fully saturated rings. The largest absolute Gasteiger partial charge is 0.459 e. The van der Waals surface area contributed by atoms with Crippen molar-refractivity contribution in [1.82, 2.24) is 0 Å². The summed E-state index contributed by atoms with van der Waals surface area (Å²) in [5.41, 5.74) is -4.41. The van der Waals surface area contributed by atoms with E-state index in [1.54, 1.807) is 13.8 Å². The van der Waals surface area contributed by atoms with E-state index in [4.69, 9.17) is 9.47 Å². The van der Waals surface area contributed by atoms with Crippen molar-refractivity contribution in [3.8, 4) is 0 Å². The van der Waals surface area contributed by atoms with Gasteiger partial charge in [-0.1, -0.05) is 6.92 Å². The summed E-state index contributed by atoms with van der Waals surface area (Å²) in [5.74, 6) is -1.29. The Bertz CT molecular complexity index is 496. The monoisotopic (exact) mass is 298 g/mol. The summed E-state index contributed by atoms with van der Waals surface area (Å²) >= 11 is 0. The minimum atomic E-state index is -1.62. The summed E-state index contributed by atoms with van der Waals surface area (Å²) in [6, 6.07) is 0. The molecule has 6 unspecified atom stereocenters. The third kappa shape index (κ3) is 1.72. The van der Waals surface area contributed by atoms with E-state index < -0.39 is 28.9 Å². The zero-order valence-electron chi connectivity index (χ0n) is 12.6. The predicted molar refractivity (Wildman–Crippen MR) is 71.1 cm³/mol. The van der Waals surface area contributed by atoms with Crippen LogP contribution in [-0.2, 0) is 19.1 Å². The Morgan fingerprint density at radius 2 is 1.86 bits per heavy atom. The molecule has 0 radical (unpaired) electrons. The molecule has 2 N–H and O–H groups in total. The van der Waals surface area contributed by atoms with Crippen LogP contribution in [0.15, 0.2) is 0 Å². The van der Waals surface area contributed by atoms with E-state index in [0.29, 0.717) is 12.8 Å². The molecule has 0 amide bonds. The maximum atomic E-state index is 11.9. The molecule has 0 aromatic heterocycles. The summed E-state index contributed by atoms with van der Waals surface area (Å²) < 4.78 is 10.8. The van der Waals surface area contributed by atoms with Gasteiger partial charge in [0.2, 0.25) is 0 Å². The van der Waals surface area contributed by atoms with Crippen LogP contribution < -0.4 is 0 Å². The van der Waals surface area contributed by atoms with Crippen LogP contribution in [0.2, 0.25) is 0 Å². The van der Waals surface area contributed by atoms with Crippen molar-refractivity contribution in [3.05, 3.63) is 0 Å². The fourth-order valence-corrected chi connectivity index (χ4v) is 4.42. The van der Waals surface area contributed by atoms with E-state index in [1.807, 2.05) is 0 Å². The molecule has 1 saturated carbocycles. The van der Waals surface area contributed by atoms with Crippen LogP contribution in [-0.4, -0.2) is 45.1 Å². The molecule has 0 aromatic rings. The molecule has 2 aliphatic heterocycles. The molecule has 21 heavy (non-hydrogen) atoms. The Hall–Kier alpha value is -1.14. The van der Waals surface area contributed by atoms with E-state index >= 15 is 0 Å². The van der Waals surface area contributed by atoms with Crippen molar-refractivity contribution in [2.24, 2.45) is 11.8 Å². The summed E-state index contributed by atoms with van der Waals surface area (Å²) in [4.78, 5) is 23.5. The first-order chi connectivity index (χ1) is 9.62. The third-order valence-electron chi connectivity index (χ3n) is 5.82. The van der Waals surface area contributed by atoms with Gasteiger partial charge in [0, 0.05) is 18.8 Å². The lowest BCUT2D eigenvalue weighted by Crippen LogP contribution is -2.68. The number of aliphatic hydroxyl groups is 2. The second-order valence-electron chi connectivity index (χ2n) is 7.07. The van der Waals surface area contributed by atoms with Crippen LogP contribution in [0.5, 0.6) is 0 Å². The highest BCUT2D eigenvalue weighted by Crippen LogP contribution is 2.55. The van der Waals surface area contributed by atoms with Gasteiger partial charge >= 0.3 is 11.9 Å². The number of esters is 2. The molecular weight excluding hydrogens is 276 g/mol. The fraction of sp³-hybridized carbons (Fsp3) is 0.867. The molecule has 1 spiro atoms. The molecule has 6 atom stereocenters. The molecule has 2 saturated heterocycles. The molecule has 6 heteroatoms. The van der Waals surface area contributed by atoms with Gasteiger partial charge in [-0.05, 0) is 26.7 Å². The molecule has 0 aromatic carbocycles. The summed E-state index contributed by atoms with van der Waals surface area (Å²) in [6.45, 7) is 4.87. The highest BCUT2D eigenvalue weighted by atomic mass is 16.6. The molecule has 6 nitrogen and oxygen atoms in total. The lowest BCUT2D eigenvalue weighted by Gasteiger charge is -2.49. The van der Waals surface area contributed by atoms with Gasteiger partial charge in [0.1, 0.15) is 17.3 Å². The fourth-order valence-electron chi connectivity index (χ4n) is 4.42. The number of ether oxygens (including phenoxy) is 2. The maximum Gasteiger partial charge on any atom is 0.309 e. The van der Waals surface area contributed by atoms with E-state index in [2.05, 4.69) is 0 Å². The van der Waals surface area contributed by atoms with E-state index in [0.717, 1.165) is 0 Å². The smallest absolute Gasteiger partial charge is 0.309 e. The average molecular weight is 298 g/mol. The number of hydrogen-bond donors (Lipinski definition) is 2. The predicted octanol–water partition coefficient (Wildman–Crippen LogP) is 0.536. The van der Waals surface area contributed by atoms with Crippen LogP contribution in [0.25, 0.3) is 0 Å². The van der Waals surface area contributed by atoms with Gasteiger partial charge in [-0.15, -0.1) is 0 Å². The molecule has 2 heterocycles. The first kappa shape index (κ1) is 14.8. The van der Waals surface area contributed by atoms with Crippen molar-refractivity contribution >= 4 is 11.9 Å².